The quantitative estimate of drug-likeness (QED) is 0.710. The maximum atomic E-state index is 6.26. The molecule has 0 saturated carbocycles. The van der Waals surface area contributed by atoms with Crippen LogP contribution in [0.4, 0.5) is 0 Å². The molecule has 21 heavy (non-hydrogen) atoms. The topological polar surface area (TPSA) is 12.0 Å². The van der Waals surface area contributed by atoms with Crippen LogP contribution in [0.2, 0.25) is 15.1 Å². The van der Waals surface area contributed by atoms with Crippen LogP contribution >= 0.6 is 34.8 Å². The van der Waals surface area contributed by atoms with Crippen molar-refractivity contribution in [2.24, 2.45) is 0 Å². The Bertz CT molecular complexity index is 613. The van der Waals surface area contributed by atoms with Crippen LogP contribution in [-0.2, 0) is 6.42 Å². The fourth-order valence-electron chi connectivity index (χ4n) is 2.45. The summed E-state index contributed by atoms with van der Waals surface area (Å²) in [4.78, 5) is 0. The van der Waals surface area contributed by atoms with Crippen molar-refractivity contribution in [3.05, 3.63) is 68.7 Å². The van der Waals surface area contributed by atoms with Crippen molar-refractivity contribution in [1.82, 2.24) is 5.32 Å². The van der Waals surface area contributed by atoms with E-state index in [9.17, 15) is 0 Å². The summed E-state index contributed by atoms with van der Waals surface area (Å²) in [5.74, 6) is 0. The molecule has 4 heteroatoms. The highest BCUT2D eigenvalue weighted by molar-refractivity contribution is 6.42. The van der Waals surface area contributed by atoms with Crippen LogP contribution in [0.1, 0.15) is 31.0 Å². The molecule has 0 amide bonds. The van der Waals surface area contributed by atoms with Crippen molar-refractivity contribution in [2.45, 2.75) is 32.4 Å². The Morgan fingerprint density at radius 2 is 1.71 bits per heavy atom. The fraction of sp³-hybridized carbons (Fsp3) is 0.294. The molecule has 0 fully saturated rings. The van der Waals surface area contributed by atoms with Gasteiger partial charge in [-0.05, 0) is 49.6 Å². The number of halogens is 3. The number of hydrogen-bond acceptors (Lipinski definition) is 1. The summed E-state index contributed by atoms with van der Waals surface area (Å²) in [5, 5.41) is 5.52. The average molecular weight is 343 g/mol. The van der Waals surface area contributed by atoms with Gasteiger partial charge >= 0.3 is 0 Å². The molecular weight excluding hydrogens is 325 g/mol. The van der Waals surface area contributed by atoms with Crippen LogP contribution in [0.25, 0.3) is 0 Å². The molecule has 0 bridgehead atoms. The van der Waals surface area contributed by atoms with E-state index in [-0.39, 0.29) is 6.04 Å². The van der Waals surface area contributed by atoms with E-state index in [0.717, 1.165) is 17.0 Å². The third kappa shape index (κ3) is 4.62. The summed E-state index contributed by atoms with van der Waals surface area (Å²) in [7, 11) is 0. The highest BCUT2D eigenvalue weighted by atomic mass is 35.5. The molecule has 0 aliphatic rings. The van der Waals surface area contributed by atoms with Crippen molar-refractivity contribution < 1.29 is 0 Å². The highest BCUT2D eigenvalue weighted by Gasteiger charge is 2.14. The van der Waals surface area contributed by atoms with E-state index < -0.39 is 0 Å². The molecule has 0 saturated heterocycles. The van der Waals surface area contributed by atoms with Gasteiger partial charge in [-0.1, -0.05) is 59.1 Å². The van der Waals surface area contributed by atoms with Crippen LogP contribution in [0.5, 0.6) is 0 Å². The Kier molecular flexibility index (Phi) is 5.95. The molecule has 112 valence electrons. The molecule has 2 aromatic carbocycles. The molecule has 0 spiro atoms. The van der Waals surface area contributed by atoms with E-state index in [2.05, 4.69) is 25.2 Å². The average Bonchev–Trinajstić information content (AvgIpc) is 2.41. The summed E-state index contributed by atoms with van der Waals surface area (Å²) in [6, 6.07) is 14.1. The molecule has 1 nitrogen and oxygen atoms in total. The molecule has 2 rings (SSSR count). The first-order chi connectivity index (χ1) is 9.97. The van der Waals surface area contributed by atoms with Gasteiger partial charge in [-0.15, -0.1) is 0 Å². The van der Waals surface area contributed by atoms with Gasteiger partial charge in [0.25, 0.3) is 0 Å². The van der Waals surface area contributed by atoms with Gasteiger partial charge in [0, 0.05) is 17.1 Å². The molecular formula is C17H18Cl3N. The van der Waals surface area contributed by atoms with Crippen LogP contribution in [-0.4, -0.2) is 6.04 Å². The summed E-state index contributed by atoms with van der Waals surface area (Å²) >= 11 is 18.3. The van der Waals surface area contributed by atoms with Crippen LogP contribution in [0, 0.1) is 0 Å². The van der Waals surface area contributed by atoms with E-state index in [1.807, 2.05) is 30.3 Å². The zero-order valence-corrected chi connectivity index (χ0v) is 14.3. The Balaban J connectivity index is 2.02. The SMILES string of the molecule is CC(Cc1cccc(Cl)c1)NC(C)c1cccc(Cl)c1Cl. The lowest BCUT2D eigenvalue weighted by Crippen LogP contribution is -2.30. The Hall–Kier alpha value is -0.730. The second kappa shape index (κ2) is 7.51. The molecule has 1 N–H and O–H groups in total. The molecule has 0 heterocycles. The molecule has 2 aromatic rings. The van der Waals surface area contributed by atoms with E-state index in [1.165, 1.54) is 5.56 Å². The van der Waals surface area contributed by atoms with Crippen molar-refractivity contribution >= 4 is 34.8 Å². The number of benzene rings is 2. The van der Waals surface area contributed by atoms with E-state index in [1.54, 1.807) is 6.07 Å². The molecule has 0 aliphatic carbocycles. The summed E-state index contributed by atoms with van der Waals surface area (Å²) < 4.78 is 0. The minimum absolute atomic E-state index is 0.130. The van der Waals surface area contributed by atoms with Gasteiger partial charge in [0.2, 0.25) is 0 Å². The Labute approximate surface area is 141 Å². The van der Waals surface area contributed by atoms with Gasteiger partial charge in [0.15, 0.2) is 0 Å². The monoisotopic (exact) mass is 341 g/mol. The third-order valence-corrected chi connectivity index (χ3v) is 4.48. The van der Waals surface area contributed by atoms with Crippen LogP contribution < -0.4 is 5.32 Å². The minimum Gasteiger partial charge on any atom is -0.307 e. The lowest BCUT2D eigenvalue weighted by atomic mass is 10.0. The van der Waals surface area contributed by atoms with Gasteiger partial charge in [-0.2, -0.15) is 0 Å². The van der Waals surface area contributed by atoms with Crippen molar-refractivity contribution in [2.75, 3.05) is 0 Å². The zero-order chi connectivity index (χ0) is 15.4. The normalized spacial score (nSPS) is 14.0. The first-order valence-corrected chi connectivity index (χ1v) is 8.05. The molecule has 0 aliphatic heterocycles. The third-order valence-electron chi connectivity index (χ3n) is 3.41. The maximum Gasteiger partial charge on any atom is 0.0639 e. The first kappa shape index (κ1) is 16.6. The summed E-state index contributed by atoms with van der Waals surface area (Å²) in [6.07, 6.45) is 0.906. The number of rotatable bonds is 5. The van der Waals surface area contributed by atoms with E-state index >= 15 is 0 Å². The molecule has 0 aromatic heterocycles. The number of hydrogen-bond donors (Lipinski definition) is 1. The largest absolute Gasteiger partial charge is 0.307 e. The predicted octanol–water partition coefficient (Wildman–Crippen LogP) is 5.93. The second-order valence-electron chi connectivity index (χ2n) is 5.27. The van der Waals surface area contributed by atoms with Gasteiger partial charge in [0.1, 0.15) is 0 Å². The highest BCUT2D eigenvalue weighted by Crippen LogP contribution is 2.30. The zero-order valence-electron chi connectivity index (χ0n) is 12.0. The number of nitrogens with one attached hydrogen (secondary N) is 1. The standard InChI is InChI=1S/C17H18Cl3N/c1-11(9-13-5-3-6-14(18)10-13)21-12(2)15-7-4-8-16(19)17(15)20/h3-8,10-12,21H,9H2,1-2H3. The minimum atomic E-state index is 0.130. The molecule has 2 unspecified atom stereocenters. The Morgan fingerprint density at radius 3 is 2.43 bits per heavy atom. The lowest BCUT2D eigenvalue weighted by Gasteiger charge is -2.21. The van der Waals surface area contributed by atoms with Gasteiger partial charge < -0.3 is 5.32 Å². The Morgan fingerprint density at radius 1 is 1.00 bits per heavy atom. The smallest absolute Gasteiger partial charge is 0.0639 e. The van der Waals surface area contributed by atoms with Crippen LogP contribution in [0.15, 0.2) is 42.5 Å². The maximum absolute atomic E-state index is 6.26. The molecule has 2 atom stereocenters. The van der Waals surface area contributed by atoms with E-state index in [4.69, 9.17) is 34.8 Å². The van der Waals surface area contributed by atoms with Crippen LogP contribution in [0.3, 0.4) is 0 Å². The fourth-order valence-corrected chi connectivity index (χ4v) is 3.13. The second-order valence-corrected chi connectivity index (χ2v) is 6.49. The van der Waals surface area contributed by atoms with Crippen molar-refractivity contribution in [1.29, 1.82) is 0 Å². The molecule has 0 radical (unpaired) electrons. The van der Waals surface area contributed by atoms with Gasteiger partial charge in [0.05, 0.1) is 10.0 Å². The van der Waals surface area contributed by atoms with Crippen molar-refractivity contribution in [3.63, 3.8) is 0 Å². The summed E-state index contributed by atoms with van der Waals surface area (Å²) in [6.45, 7) is 4.24. The van der Waals surface area contributed by atoms with Gasteiger partial charge in [-0.3, -0.25) is 0 Å². The van der Waals surface area contributed by atoms with E-state index in [0.29, 0.717) is 16.1 Å². The summed E-state index contributed by atoms with van der Waals surface area (Å²) in [5.41, 5.74) is 2.23. The lowest BCUT2D eigenvalue weighted by molar-refractivity contribution is 0.477. The van der Waals surface area contributed by atoms with Gasteiger partial charge in [-0.25, -0.2) is 0 Å². The first-order valence-electron chi connectivity index (χ1n) is 6.91. The predicted molar refractivity (Wildman–Crippen MR) is 92.6 cm³/mol. The van der Waals surface area contributed by atoms with Crippen molar-refractivity contribution in [3.8, 4) is 0 Å².